The molecule has 3 rings (SSSR count). The molecule has 0 bridgehead atoms. The van der Waals surface area contributed by atoms with Gasteiger partial charge in [0.1, 0.15) is 5.69 Å². The van der Waals surface area contributed by atoms with Gasteiger partial charge in [-0.25, -0.2) is 0 Å². The first-order valence-corrected chi connectivity index (χ1v) is 7.91. The zero-order valence-corrected chi connectivity index (χ0v) is 13.8. The normalized spacial score (nSPS) is 10.2. The molecule has 0 radical (unpaired) electrons. The summed E-state index contributed by atoms with van der Waals surface area (Å²) in [5.41, 5.74) is 1.92. The molecule has 0 fully saturated rings. The number of carbonyl (C=O) groups excluding carboxylic acids is 1. The molecule has 7 nitrogen and oxygen atoms in total. The van der Waals surface area contributed by atoms with Crippen LogP contribution in [0.2, 0.25) is 0 Å². The first-order chi connectivity index (χ1) is 12.6. The van der Waals surface area contributed by atoms with E-state index in [4.69, 9.17) is 0 Å². The van der Waals surface area contributed by atoms with E-state index >= 15 is 0 Å². The van der Waals surface area contributed by atoms with Crippen LogP contribution in [0.4, 0.5) is 17.1 Å². The van der Waals surface area contributed by atoms with E-state index in [0.717, 1.165) is 5.56 Å². The number of para-hydroxylation sites is 1. The van der Waals surface area contributed by atoms with Crippen LogP contribution in [0, 0.1) is 10.1 Å². The van der Waals surface area contributed by atoms with Crippen molar-refractivity contribution in [3.8, 4) is 0 Å². The molecule has 0 aliphatic rings. The van der Waals surface area contributed by atoms with Crippen LogP contribution < -0.4 is 10.6 Å². The van der Waals surface area contributed by atoms with Crippen LogP contribution in [0.5, 0.6) is 0 Å². The number of nitro benzene ring substituents is 1. The van der Waals surface area contributed by atoms with Crippen molar-refractivity contribution >= 4 is 23.0 Å². The van der Waals surface area contributed by atoms with E-state index in [0.29, 0.717) is 17.9 Å². The van der Waals surface area contributed by atoms with Gasteiger partial charge in [0.15, 0.2) is 0 Å². The highest BCUT2D eigenvalue weighted by molar-refractivity contribution is 6.05. The molecule has 0 aliphatic heterocycles. The van der Waals surface area contributed by atoms with Crippen LogP contribution in [0.25, 0.3) is 0 Å². The Hall–Kier alpha value is -3.74. The number of pyridine rings is 1. The van der Waals surface area contributed by atoms with Crippen molar-refractivity contribution in [1.29, 1.82) is 0 Å². The highest BCUT2D eigenvalue weighted by Gasteiger charge is 2.17. The van der Waals surface area contributed by atoms with Gasteiger partial charge in [-0.3, -0.25) is 19.9 Å². The van der Waals surface area contributed by atoms with E-state index < -0.39 is 10.8 Å². The number of hydrogen-bond acceptors (Lipinski definition) is 5. The summed E-state index contributed by atoms with van der Waals surface area (Å²) >= 11 is 0. The molecule has 0 saturated heterocycles. The summed E-state index contributed by atoms with van der Waals surface area (Å²) < 4.78 is 0. The van der Waals surface area contributed by atoms with Gasteiger partial charge >= 0.3 is 0 Å². The lowest BCUT2D eigenvalue weighted by Crippen LogP contribution is -2.12. The predicted octanol–water partition coefficient (Wildman–Crippen LogP) is 3.85. The van der Waals surface area contributed by atoms with Crippen molar-refractivity contribution in [3.05, 3.63) is 94.3 Å². The molecule has 2 aromatic carbocycles. The molecule has 0 saturated carbocycles. The fraction of sp³-hybridized carbons (Fsp3) is 0.0526. The topological polar surface area (TPSA) is 97.2 Å². The number of nitro groups is 1. The van der Waals surface area contributed by atoms with Gasteiger partial charge in [0.05, 0.1) is 4.92 Å². The molecule has 1 aromatic heterocycles. The van der Waals surface area contributed by atoms with E-state index in [1.165, 1.54) is 12.1 Å². The van der Waals surface area contributed by atoms with Crippen molar-refractivity contribution in [2.75, 3.05) is 10.6 Å². The third-order valence-corrected chi connectivity index (χ3v) is 3.69. The lowest BCUT2D eigenvalue weighted by atomic mass is 10.1. The Morgan fingerprint density at radius 3 is 2.58 bits per heavy atom. The van der Waals surface area contributed by atoms with Crippen molar-refractivity contribution in [2.24, 2.45) is 0 Å². The Morgan fingerprint density at radius 2 is 1.88 bits per heavy atom. The van der Waals surface area contributed by atoms with Crippen LogP contribution in [-0.4, -0.2) is 15.8 Å². The van der Waals surface area contributed by atoms with Gasteiger partial charge in [-0.1, -0.05) is 24.3 Å². The standard InChI is InChI=1S/C19H16N4O3/c24-19(22-16-6-2-1-3-7-16)15-8-9-17(18(11-15)23(25)26)21-13-14-5-4-10-20-12-14/h1-12,21H,13H2,(H,22,24). The first-order valence-electron chi connectivity index (χ1n) is 7.91. The SMILES string of the molecule is O=C(Nc1ccccc1)c1ccc(NCc2cccnc2)c([N+](=O)[O-])c1. The van der Waals surface area contributed by atoms with E-state index in [1.54, 1.807) is 48.8 Å². The monoisotopic (exact) mass is 348 g/mol. The van der Waals surface area contributed by atoms with Crippen LogP contribution >= 0.6 is 0 Å². The lowest BCUT2D eigenvalue weighted by molar-refractivity contribution is -0.384. The van der Waals surface area contributed by atoms with Crippen molar-refractivity contribution in [2.45, 2.75) is 6.54 Å². The molecule has 7 heteroatoms. The average molecular weight is 348 g/mol. The molecule has 0 spiro atoms. The molecule has 0 unspecified atom stereocenters. The Labute approximate surface area is 149 Å². The van der Waals surface area contributed by atoms with E-state index in [1.807, 2.05) is 12.1 Å². The molecule has 2 N–H and O–H groups in total. The second-order valence-electron chi connectivity index (χ2n) is 5.52. The number of anilines is 2. The number of benzene rings is 2. The van der Waals surface area contributed by atoms with E-state index in [2.05, 4.69) is 15.6 Å². The molecule has 1 heterocycles. The van der Waals surface area contributed by atoms with E-state index in [-0.39, 0.29) is 11.3 Å². The minimum atomic E-state index is -0.509. The molecular weight excluding hydrogens is 332 g/mol. The van der Waals surface area contributed by atoms with Crippen LogP contribution in [-0.2, 0) is 6.54 Å². The van der Waals surface area contributed by atoms with Gasteiger partial charge < -0.3 is 10.6 Å². The molecular formula is C19H16N4O3. The fourth-order valence-electron chi connectivity index (χ4n) is 2.40. The minimum absolute atomic E-state index is 0.158. The first kappa shape index (κ1) is 17.1. The molecule has 0 atom stereocenters. The second-order valence-corrected chi connectivity index (χ2v) is 5.52. The number of carbonyl (C=O) groups is 1. The van der Waals surface area contributed by atoms with Crippen LogP contribution in [0.1, 0.15) is 15.9 Å². The summed E-state index contributed by atoms with van der Waals surface area (Å²) in [6.45, 7) is 0.393. The van der Waals surface area contributed by atoms with Crippen molar-refractivity contribution in [3.63, 3.8) is 0 Å². The Kier molecular flexibility index (Phi) is 5.19. The molecule has 1 amide bonds. The highest BCUT2D eigenvalue weighted by Crippen LogP contribution is 2.26. The molecule has 130 valence electrons. The molecule has 3 aromatic rings. The Balaban J connectivity index is 1.78. The summed E-state index contributed by atoms with van der Waals surface area (Å²) in [6.07, 6.45) is 3.34. The largest absolute Gasteiger partial charge is 0.375 e. The number of amides is 1. The third kappa shape index (κ3) is 4.21. The molecule has 0 aliphatic carbocycles. The van der Waals surface area contributed by atoms with Gasteiger partial charge in [-0.15, -0.1) is 0 Å². The van der Waals surface area contributed by atoms with Gasteiger partial charge in [0.25, 0.3) is 11.6 Å². The number of nitrogens with zero attached hydrogens (tertiary/aromatic N) is 2. The number of aromatic nitrogens is 1. The summed E-state index contributed by atoms with van der Waals surface area (Å²) in [4.78, 5) is 27.2. The van der Waals surface area contributed by atoms with Gasteiger partial charge in [0, 0.05) is 36.3 Å². The predicted molar refractivity (Wildman–Crippen MR) is 99.1 cm³/mol. The van der Waals surface area contributed by atoms with Crippen molar-refractivity contribution in [1.82, 2.24) is 4.98 Å². The smallest absolute Gasteiger partial charge is 0.293 e. The zero-order chi connectivity index (χ0) is 18.4. The van der Waals surface area contributed by atoms with Gasteiger partial charge in [-0.05, 0) is 35.9 Å². The maximum Gasteiger partial charge on any atom is 0.293 e. The minimum Gasteiger partial charge on any atom is -0.375 e. The summed E-state index contributed by atoms with van der Waals surface area (Å²) in [5, 5.41) is 17.1. The number of rotatable bonds is 6. The van der Waals surface area contributed by atoms with Gasteiger partial charge in [0.2, 0.25) is 0 Å². The third-order valence-electron chi connectivity index (χ3n) is 3.69. The second kappa shape index (κ2) is 7.89. The van der Waals surface area contributed by atoms with Crippen LogP contribution in [0.3, 0.4) is 0 Å². The maximum atomic E-state index is 12.3. The summed E-state index contributed by atoms with van der Waals surface area (Å²) in [5.74, 6) is -0.405. The lowest BCUT2D eigenvalue weighted by Gasteiger charge is -2.09. The summed E-state index contributed by atoms with van der Waals surface area (Å²) in [7, 11) is 0. The van der Waals surface area contributed by atoms with E-state index in [9.17, 15) is 14.9 Å². The zero-order valence-electron chi connectivity index (χ0n) is 13.8. The average Bonchev–Trinajstić information content (AvgIpc) is 2.67. The van der Waals surface area contributed by atoms with Crippen molar-refractivity contribution < 1.29 is 9.72 Å². The quantitative estimate of drug-likeness (QED) is 0.521. The van der Waals surface area contributed by atoms with Crippen LogP contribution in [0.15, 0.2) is 73.1 Å². The van der Waals surface area contributed by atoms with Gasteiger partial charge in [-0.2, -0.15) is 0 Å². The fourth-order valence-corrected chi connectivity index (χ4v) is 2.40. The Bertz CT molecular complexity index is 915. The summed E-state index contributed by atoms with van der Waals surface area (Å²) in [6, 6.07) is 16.9. The number of hydrogen-bond donors (Lipinski definition) is 2. The Morgan fingerprint density at radius 1 is 1.08 bits per heavy atom. The molecule has 26 heavy (non-hydrogen) atoms. The maximum absolute atomic E-state index is 12.3. The number of nitrogens with one attached hydrogen (secondary N) is 2. The highest BCUT2D eigenvalue weighted by atomic mass is 16.6.